The van der Waals surface area contributed by atoms with E-state index in [1.165, 1.54) is 5.57 Å². The van der Waals surface area contributed by atoms with Crippen molar-refractivity contribution in [3.63, 3.8) is 0 Å². The fourth-order valence-corrected chi connectivity index (χ4v) is 12.3. The second-order valence-electron chi connectivity index (χ2n) is 19.1. The molecule has 304 valence electrons. The Hall–Kier alpha value is -1.23. The molecule has 4 fully saturated rings. The van der Waals surface area contributed by atoms with Crippen molar-refractivity contribution in [2.24, 2.45) is 39.4 Å². The molecule has 0 spiro atoms. The molecule has 13 nitrogen and oxygen atoms in total. The van der Waals surface area contributed by atoms with Crippen LogP contribution in [0.1, 0.15) is 113 Å². The van der Waals surface area contributed by atoms with Crippen LogP contribution in [0.2, 0.25) is 0 Å². The van der Waals surface area contributed by atoms with Crippen molar-refractivity contribution >= 4 is 5.97 Å². The lowest BCUT2D eigenvalue weighted by molar-refractivity contribution is -0.301. The van der Waals surface area contributed by atoms with Crippen LogP contribution in [-0.2, 0) is 23.7 Å². The zero-order valence-electron chi connectivity index (χ0n) is 32.6. The molecule has 16 atom stereocenters. The fraction of sp³-hybridized carbons (Fsp3) is 0.925. The highest BCUT2D eigenvalue weighted by molar-refractivity contribution is 5.82. The summed E-state index contributed by atoms with van der Waals surface area (Å²) in [6.45, 7) is 14.0. The number of aliphatic hydroxyl groups excluding tert-OH is 6. The zero-order chi connectivity index (χ0) is 39.1. The lowest BCUT2D eigenvalue weighted by Gasteiger charge is -2.62. The van der Waals surface area contributed by atoms with Gasteiger partial charge in [0, 0.05) is 0 Å². The van der Waals surface area contributed by atoms with Gasteiger partial charge in [0.05, 0.1) is 36.4 Å². The highest BCUT2D eigenvalue weighted by atomic mass is 16.7. The smallest absolute Gasteiger partial charge is 0.314 e. The largest absolute Gasteiger partial charge is 0.481 e. The second kappa shape index (κ2) is 14.6. The molecule has 0 unspecified atom stereocenters. The summed E-state index contributed by atoms with van der Waals surface area (Å²) < 4.78 is 23.6. The Labute approximate surface area is 313 Å². The van der Waals surface area contributed by atoms with Crippen molar-refractivity contribution < 1.29 is 64.6 Å². The van der Waals surface area contributed by atoms with E-state index in [9.17, 15) is 45.6 Å². The van der Waals surface area contributed by atoms with Crippen LogP contribution in [0.5, 0.6) is 0 Å². The number of ether oxygens (including phenoxy) is 4. The quantitative estimate of drug-likeness (QED) is 0.151. The van der Waals surface area contributed by atoms with Gasteiger partial charge in [0.2, 0.25) is 0 Å². The van der Waals surface area contributed by atoms with Crippen molar-refractivity contribution in [3.8, 4) is 0 Å². The van der Waals surface area contributed by atoms with E-state index in [0.29, 0.717) is 32.1 Å². The number of carboxylic acid groups (broad SMARTS) is 1. The van der Waals surface area contributed by atoms with Gasteiger partial charge in [0.1, 0.15) is 36.6 Å². The molecular formula is C40H66O13. The molecular weight excluding hydrogens is 688 g/mol. The summed E-state index contributed by atoms with van der Waals surface area (Å²) in [7, 11) is 0. The molecule has 4 aliphatic carbocycles. The van der Waals surface area contributed by atoms with Gasteiger partial charge in [-0.3, -0.25) is 4.79 Å². The van der Waals surface area contributed by atoms with Gasteiger partial charge in [0.15, 0.2) is 12.6 Å². The number of hydrogen-bond acceptors (Lipinski definition) is 12. The first-order chi connectivity index (χ1) is 24.6. The minimum atomic E-state index is -1.47. The molecule has 6 aliphatic rings. The van der Waals surface area contributed by atoms with Crippen LogP contribution in [-0.4, -0.2) is 127 Å². The van der Waals surface area contributed by atoms with E-state index in [2.05, 4.69) is 34.6 Å². The van der Waals surface area contributed by atoms with E-state index < -0.39 is 77.7 Å². The first kappa shape index (κ1) is 41.4. The summed E-state index contributed by atoms with van der Waals surface area (Å²) in [4.78, 5) is 13.8. The number of carboxylic acids is 1. The number of allylic oxidation sites excluding steroid dienone is 1. The molecule has 0 bridgehead atoms. The predicted molar refractivity (Wildman–Crippen MR) is 191 cm³/mol. The van der Waals surface area contributed by atoms with Gasteiger partial charge < -0.3 is 59.8 Å². The lowest BCUT2D eigenvalue weighted by atomic mass is 9.43. The minimum absolute atomic E-state index is 0.108. The van der Waals surface area contributed by atoms with Gasteiger partial charge in [-0.1, -0.05) is 45.8 Å². The van der Waals surface area contributed by atoms with E-state index in [1.54, 1.807) is 13.8 Å². The molecule has 8 N–H and O–H groups in total. The van der Waals surface area contributed by atoms with E-state index in [4.69, 9.17) is 18.9 Å². The van der Waals surface area contributed by atoms with E-state index in [1.807, 2.05) is 0 Å². The molecule has 0 radical (unpaired) electrons. The summed E-state index contributed by atoms with van der Waals surface area (Å²) in [6.07, 6.45) is -4.24. The van der Waals surface area contributed by atoms with Gasteiger partial charge in [-0.05, 0) is 112 Å². The van der Waals surface area contributed by atoms with E-state index in [0.717, 1.165) is 37.7 Å². The summed E-state index contributed by atoms with van der Waals surface area (Å²) in [5, 5.41) is 83.7. The molecule has 0 aromatic carbocycles. The Bertz CT molecular complexity index is 1380. The maximum atomic E-state index is 13.8. The van der Waals surface area contributed by atoms with Crippen LogP contribution in [0, 0.1) is 39.4 Å². The van der Waals surface area contributed by atoms with Gasteiger partial charge >= 0.3 is 5.97 Å². The monoisotopic (exact) mass is 754 g/mol. The van der Waals surface area contributed by atoms with Gasteiger partial charge in [-0.2, -0.15) is 0 Å². The van der Waals surface area contributed by atoms with Crippen molar-refractivity contribution in [2.45, 2.75) is 180 Å². The molecule has 2 aliphatic heterocycles. The first-order valence-corrected chi connectivity index (χ1v) is 19.9. The second-order valence-corrected chi connectivity index (χ2v) is 19.1. The molecule has 0 aromatic rings. The summed E-state index contributed by atoms with van der Waals surface area (Å²) in [5.74, 6) is -0.321. The molecule has 53 heavy (non-hydrogen) atoms. The number of aliphatic hydroxyl groups is 7. The molecule has 2 heterocycles. The third-order valence-corrected chi connectivity index (χ3v) is 15.4. The van der Waals surface area contributed by atoms with E-state index >= 15 is 0 Å². The van der Waals surface area contributed by atoms with Crippen LogP contribution in [0.15, 0.2) is 11.1 Å². The Morgan fingerprint density at radius 1 is 0.811 bits per heavy atom. The Kier molecular flexibility index (Phi) is 11.4. The van der Waals surface area contributed by atoms with Gasteiger partial charge in [0.25, 0.3) is 0 Å². The van der Waals surface area contributed by atoms with E-state index in [-0.39, 0.29) is 47.9 Å². The van der Waals surface area contributed by atoms with Crippen molar-refractivity contribution in [1.82, 2.24) is 0 Å². The third-order valence-electron chi connectivity index (χ3n) is 15.4. The number of fused-ring (bicyclic) bond motifs is 4. The molecule has 2 saturated heterocycles. The zero-order valence-corrected chi connectivity index (χ0v) is 32.6. The normalized spacial score (nSPS) is 46.9. The Morgan fingerprint density at radius 3 is 2.02 bits per heavy atom. The van der Waals surface area contributed by atoms with Crippen LogP contribution < -0.4 is 0 Å². The fourth-order valence-electron chi connectivity index (χ4n) is 12.3. The molecule has 13 heteroatoms. The van der Waals surface area contributed by atoms with Gasteiger partial charge in [-0.25, -0.2) is 0 Å². The predicted octanol–water partition coefficient (Wildman–Crippen LogP) is 2.64. The number of carbonyl (C=O) groups is 1. The molecule has 0 amide bonds. The Balaban J connectivity index is 1.20. The first-order valence-electron chi connectivity index (χ1n) is 19.9. The van der Waals surface area contributed by atoms with Crippen LogP contribution in [0.4, 0.5) is 0 Å². The molecule has 2 saturated carbocycles. The molecule has 0 aromatic heterocycles. The maximum Gasteiger partial charge on any atom is 0.314 e. The number of hydrogen-bond donors (Lipinski definition) is 8. The van der Waals surface area contributed by atoms with Crippen LogP contribution in [0.3, 0.4) is 0 Å². The summed E-state index contributed by atoms with van der Waals surface area (Å²) in [6, 6.07) is 0. The summed E-state index contributed by atoms with van der Waals surface area (Å²) in [5.41, 5.74) is -0.900. The van der Waals surface area contributed by atoms with Crippen molar-refractivity contribution in [1.29, 1.82) is 0 Å². The Morgan fingerprint density at radius 2 is 1.42 bits per heavy atom. The SMILES string of the molecule is C[C@H](CC[C@H](O[C@@H]1OC[C@H](O)[C@H](O)[C@H]1O)C(C)(C)O)[C@H]1CC[C@@]2(C(=O)O)C3=C(CC[C@]12C)[C@@]1(C)CC[C@@H](O[C@@H]2OC[C@H](O)[C@H](O)[C@H]2O)C(C)(C)[C@@H]1CC3. The third kappa shape index (κ3) is 6.75. The van der Waals surface area contributed by atoms with Gasteiger partial charge in [-0.15, -0.1) is 0 Å². The highest BCUT2D eigenvalue weighted by Crippen LogP contribution is 2.73. The average molecular weight is 755 g/mol. The van der Waals surface area contributed by atoms with Crippen LogP contribution >= 0.6 is 0 Å². The topological polar surface area (TPSA) is 216 Å². The number of rotatable bonds is 10. The maximum absolute atomic E-state index is 13.8. The number of aliphatic carboxylic acids is 1. The van der Waals surface area contributed by atoms with Crippen molar-refractivity contribution in [3.05, 3.63) is 11.1 Å². The highest BCUT2D eigenvalue weighted by Gasteiger charge is 2.68. The molecule has 6 rings (SSSR count). The average Bonchev–Trinajstić information content (AvgIpc) is 3.41. The standard InChI is InChI=1S/C40H66O13/c1-20(8-11-28(37(4,5)49)53-34-32(46)30(44)25(42)19-51-34)21-13-17-40(35(47)48)23-9-10-26-36(2,3)27(52-33-31(45)29(43)24(41)18-50-33)14-15-38(26,6)22(23)12-16-39(21,40)7/h20-21,24-34,41-46,49H,8-19H2,1-7H3,(H,47,48)/t20-,21-,24+,25+,26+,27-,28+,29+,30+,31-,32-,33+,34+,38-,39-,40+/m1/s1. The summed E-state index contributed by atoms with van der Waals surface area (Å²) >= 11 is 0. The minimum Gasteiger partial charge on any atom is -0.481 e. The van der Waals surface area contributed by atoms with Crippen molar-refractivity contribution in [2.75, 3.05) is 13.2 Å². The van der Waals surface area contributed by atoms with Crippen LogP contribution in [0.25, 0.3) is 0 Å². The lowest BCUT2D eigenvalue weighted by Crippen LogP contribution is -2.59.